The molecule has 6 heteroatoms. The van der Waals surface area contributed by atoms with E-state index >= 15 is 0 Å². The van der Waals surface area contributed by atoms with Gasteiger partial charge in [-0.15, -0.1) is 24.0 Å². The lowest BCUT2D eigenvalue weighted by Crippen LogP contribution is -2.41. The van der Waals surface area contributed by atoms with Gasteiger partial charge in [-0.1, -0.05) is 30.3 Å². The van der Waals surface area contributed by atoms with Gasteiger partial charge in [-0.25, -0.2) is 4.99 Å². The molecule has 1 aliphatic rings. The van der Waals surface area contributed by atoms with Crippen LogP contribution in [0.2, 0.25) is 0 Å². The molecule has 1 aliphatic carbocycles. The van der Waals surface area contributed by atoms with Crippen molar-refractivity contribution in [1.29, 1.82) is 0 Å². The fraction of sp³-hybridized carbons (Fsp3) is 0.500. The number of aryl methyl sites for hydroxylation is 1. The first-order valence-corrected chi connectivity index (χ1v) is 9.78. The molecule has 1 saturated carbocycles. The predicted molar refractivity (Wildman–Crippen MR) is 124 cm³/mol. The minimum absolute atomic E-state index is 0. The number of guanidine groups is 1. The fourth-order valence-corrected chi connectivity index (χ4v) is 3.27. The van der Waals surface area contributed by atoms with Crippen LogP contribution in [-0.2, 0) is 12.0 Å². The van der Waals surface area contributed by atoms with Crippen molar-refractivity contribution in [3.8, 4) is 0 Å². The zero-order valence-corrected chi connectivity index (χ0v) is 19.3. The van der Waals surface area contributed by atoms with E-state index in [1.807, 2.05) is 26.0 Å². The SMILES string of the molecule is CCNC(=NCC(C)(O)c1ccc(C)o1)NCC1(Cc2ccccc2)CC1.I. The lowest BCUT2D eigenvalue weighted by molar-refractivity contribution is 0.0428. The lowest BCUT2D eigenvalue weighted by atomic mass is 9.96. The molecule has 28 heavy (non-hydrogen) atoms. The number of halogens is 1. The van der Waals surface area contributed by atoms with E-state index in [1.54, 1.807) is 6.92 Å². The molecule has 3 rings (SSSR count). The molecule has 1 unspecified atom stereocenters. The summed E-state index contributed by atoms with van der Waals surface area (Å²) < 4.78 is 5.57. The van der Waals surface area contributed by atoms with E-state index in [0.29, 0.717) is 11.2 Å². The number of hydrogen-bond donors (Lipinski definition) is 3. The lowest BCUT2D eigenvalue weighted by Gasteiger charge is -2.21. The maximum atomic E-state index is 10.7. The van der Waals surface area contributed by atoms with E-state index < -0.39 is 5.60 Å². The van der Waals surface area contributed by atoms with Crippen molar-refractivity contribution in [2.45, 2.75) is 45.6 Å². The quantitative estimate of drug-likeness (QED) is 0.293. The Morgan fingerprint density at radius 1 is 1.18 bits per heavy atom. The van der Waals surface area contributed by atoms with Gasteiger partial charge < -0.3 is 20.2 Å². The molecule has 1 aromatic carbocycles. The minimum atomic E-state index is -1.13. The number of nitrogens with zero attached hydrogens (tertiary/aromatic N) is 1. The first-order valence-electron chi connectivity index (χ1n) is 9.78. The Balaban J connectivity index is 0.00000280. The Morgan fingerprint density at radius 3 is 2.46 bits per heavy atom. The smallest absolute Gasteiger partial charge is 0.191 e. The van der Waals surface area contributed by atoms with Crippen molar-refractivity contribution < 1.29 is 9.52 Å². The summed E-state index contributed by atoms with van der Waals surface area (Å²) in [5, 5.41) is 17.4. The van der Waals surface area contributed by atoms with Crippen LogP contribution in [0.1, 0.15) is 43.8 Å². The number of aliphatic imine (C=N–C) groups is 1. The molecule has 0 radical (unpaired) electrons. The van der Waals surface area contributed by atoms with Crippen LogP contribution in [0.15, 0.2) is 51.9 Å². The monoisotopic (exact) mass is 497 g/mol. The largest absolute Gasteiger partial charge is 0.463 e. The normalized spacial score (nSPS) is 17.4. The van der Waals surface area contributed by atoms with Crippen molar-refractivity contribution >= 4 is 29.9 Å². The van der Waals surface area contributed by atoms with Crippen LogP contribution in [-0.4, -0.2) is 30.7 Å². The van der Waals surface area contributed by atoms with Crippen LogP contribution in [0.4, 0.5) is 0 Å². The molecule has 1 atom stereocenters. The summed E-state index contributed by atoms with van der Waals surface area (Å²) in [7, 11) is 0. The molecule has 5 nitrogen and oxygen atoms in total. The average Bonchev–Trinajstić information content (AvgIpc) is 3.26. The molecule has 1 fully saturated rings. The Bertz CT molecular complexity index is 767. The van der Waals surface area contributed by atoms with Crippen LogP contribution in [0.25, 0.3) is 0 Å². The summed E-state index contributed by atoms with van der Waals surface area (Å²) in [4.78, 5) is 4.59. The molecule has 3 N–H and O–H groups in total. The molecule has 0 bridgehead atoms. The highest BCUT2D eigenvalue weighted by Gasteiger charge is 2.42. The van der Waals surface area contributed by atoms with Gasteiger partial charge in [0.1, 0.15) is 17.1 Å². The van der Waals surface area contributed by atoms with Crippen LogP contribution in [0.3, 0.4) is 0 Å². The van der Waals surface area contributed by atoms with E-state index in [2.05, 4.69) is 46.0 Å². The van der Waals surface area contributed by atoms with Gasteiger partial charge in [0.25, 0.3) is 0 Å². The fourth-order valence-electron chi connectivity index (χ4n) is 3.27. The third kappa shape index (κ3) is 6.24. The Hall–Kier alpha value is -1.54. The van der Waals surface area contributed by atoms with Gasteiger partial charge >= 0.3 is 0 Å². The van der Waals surface area contributed by atoms with Crippen molar-refractivity contribution in [1.82, 2.24) is 10.6 Å². The molecule has 2 aromatic rings. The number of benzene rings is 1. The topological polar surface area (TPSA) is 69.8 Å². The van der Waals surface area contributed by atoms with Gasteiger partial charge in [-0.2, -0.15) is 0 Å². The number of furan rings is 1. The van der Waals surface area contributed by atoms with Crippen LogP contribution in [0.5, 0.6) is 0 Å². The molecular weight excluding hydrogens is 465 g/mol. The van der Waals surface area contributed by atoms with Crippen LogP contribution in [0, 0.1) is 12.3 Å². The van der Waals surface area contributed by atoms with E-state index in [4.69, 9.17) is 4.42 Å². The van der Waals surface area contributed by atoms with Crippen molar-refractivity contribution in [3.05, 3.63) is 59.5 Å². The molecule has 0 spiro atoms. The standard InChI is InChI=1S/C22H31N3O2.HI/c1-4-23-20(24-15-21(3,26)19-11-10-17(2)27-19)25-16-22(12-13-22)14-18-8-6-5-7-9-18;/h5-11,26H,4,12-16H2,1-3H3,(H2,23,24,25);1H. The summed E-state index contributed by atoms with van der Waals surface area (Å²) in [6.07, 6.45) is 3.55. The van der Waals surface area contributed by atoms with Gasteiger partial charge in [-0.05, 0) is 63.1 Å². The molecule has 154 valence electrons. The first kappa shape index (κ1) is 22.7. The molecule has 1 heterocycles. The molecule has 0 amide bonds. The first-order chi connectivity index (χ1) is 12.9. The second-order valence-electron chi connectivity index (χ2n) is 7.90. The van der Waals surface area contributed by atoms with Gasteiger partial charge in [0.15, 0.2) is 5.96 Å². The van der Waals surface area contributed by atoms with Gasteiger partial charge in [0.05, 0.1) is 6.54 Å². The minimum Gasteiger partial charge on any atom is -0.463 e. The highest BCUT2D eigenvalue weighted by molar-refractivity contribution is 14.0. The number of nitrogens with one attached hydrogen (secondary N) is 2. The molecule has 0 aliphatic heterocycles. The van der Waals surface area contributed by atoms with E-state index in [-0.39, 0.29) is 30.5 Å². The van der Waals surface area contributed by atoms with Crippen LogP contribution < -0.4 is 10.6 Å². The maximum absolute atomic E-state index is 10.7. The third-order valence-electron chi connectivity index (χ3n) is 5.17. The Labute approximate surface area is 185 Å². The Kier molecular flexibility index (Phi) is 7.95. The molecule has 0 saturated heterocycles. The van der Waals surface area contributed by atoms with Gasteiger partial charge in [-0.3, -0.25) is 0 Å². The van der Waals surface area contributed by atoms with Crippen molar-refractivity contribution in [2.75, 3.05) is 19.6 Å². The second-order valence-corrected chi connectivity index (χ2v) is 7.90. The zero-order valence-electron chi connectivity index (χ0n) is 17.0. The van der Waals surface area contributed by atoms with E-state index in [1.165, 1.54) is 18.4 Å². The van der Waals surface area contributed by atoms with Crippen LogP contribution >= 0.6 is 24.0 Å². The maximum Gasteiger partial charge on any atom is 0.191 e. The van der Waals surface area contributed by atoms with Gasteiger partial charge in [0, 0.05) is 13.1 Å². The number of aliphatic hydroxyl groups is 1. The third-order valence-corrected chi connectivity index (χ3v) is 5.17. The highest BCUT2D eigenvalue weighted by atomic mass is 127. The van der Waals surface area contributed by atoms with Crippen molar-refractivity contribution in [3.63, 3.8) is 0 Å². The van der Waals surface area contributed by atoms with Crippen molar-refractivity contribution in [2.24, 2.45) is 10.4 Å². The van der Waals surface area contributed by atoms with E-state index in [9.17, 15) is 5.11 Å². The number of rotatable bonds is 8. The highest BCUT2D eigenvalue weighted by Crippen LogP contribution is 2.47. The summed E-state index contributed by atoms with van der Waals surface area (Å²) in [5.74, 6) is 2.07. The summed E-state index contributed by atoms with van der Waals surface area (Å²) >= 11 is 0. The number of hydrogen-bond acceptors (Lipinski definition) is 3. The molecular formula is C22H32IN3O2. The summed E-state index contributed by atoms with van der Waals surface area (Å²) in [6, 6.07) is 14.3. The Morgan fingerprint density at radius 2 is 1.89 bits per heavy atom. The molecule has 1 aromatic heterocycles. The predicted octanol–water partition coefficient (Wildman–Crippen LogP) is 3.99. The summed E-state index contributed by atoms with van der Waals surface area (Å²) in [5.41, 5.74) is 0.575. The second kappa shape index (κ2) is 9.78. The average molecular weight is 497 g/mol. The zero-order chi connectivity index (χ0) is 19.3. The summed E-state index contributed by atoms with van der Waals surface area (Å²) in [6.45, 7) is 7.55. The van der Waals surface area contributed by atoms with E-state index in [0.717, 1.165) is 31.2 Å². The van der Waals surface area contributed by atoms with Gasteiger partial charge in [0.2, 0.25) is 0 Å².